The third-order valence-corrected chi connectivity index (χ3v) is 5.27. The highest BCUT2D eigenvalue weighted by Crippen LogP contribution is 2.12. The highest BCUT2D eigenvalue weighted by atomic mass is 127. The molecule has 0 saturated carbocycles. The normalized spacial score (nSPS) is 15.9. The molecule has 1 aromatic heterocycles. The van der Waals surface area contributed by atoms with Gasteiger partial charge in [0.1, 0.15) is 0 Å². The van der Waals surface area contributed by atoms with Crippen LogP contribution in [0.2, 0.25) is 0 Å². The van der Waals surface area contributed by atoms with Crippen LogP contribution in [-0.2, 0) is 13.5 Å². The highest BCUT2D eigenvalue weighted by molar-refractivity contribution is 14.0. The van der Waals surface area contributed by atoms with Gasteiger partial charge in [-0.3, -0.25) is 9.67 Å². The van der Waals surface area contributed by atoms with Crippen LogP contribution in [-0.4, -0.2) is 59.9 Å². The van der Waals surface area contributed by atoms with Crippen LogP contribution in [0.15, 0.2) is 4.99 Å². The zero-order valence-corrected chi connectivity index (χ0v) is 20.0. The summed E-state index contributed by atoms with van der Waals surface area (Å²) >= 11 is 0. The van der Waals surface area contributed by atoms with Crippen LogP contribution in [0.25, 0.3) is 0 Å². The van der Waals surface area contributed by atoms with E-state index in [0.29, 0.717) is 0 Å². The molecular weight excluding hydrogens is 451 g/mol. The van der Waals surface area contributed by atoms with Crippen molar-refractivity contribution < 1.29 is 0 Å². The molecule has 1 aliphatic rings. The lowest BCUT2D eigenvalue weighted by molar-refractivity contribution is 0.283. The molecule has 6 nitrogen and oxygen atoms in total. The van der Waals surface area contributed by atoms with Crippen molar-refractivity contribution in [3.05, 3.63) is 17.0 Å². The molecule has 0 radical (unpaired) electrons. The summed E-state index contributed by atoms with van der Waals surface area (Å²) in [5.41, 5.74) is 3.73. The average molecular weight is 490 g/mol. The third kappa shape index (κ3) is 8.37. The summed E-state index contributed by atoms with van der Waals surface area (Å²) in [6.45, 7) is 12.7. The molecule has 7 heteroatoms. The van der Waals surface area contributed by atoms with Gasteiger partial charge in [-0.05, 0) is 71.7 Å². The molecule has 0 bridgehead atoms. The van der Waals surface area contributed by atoms with Gasteiger partial charge in [0.25, 0.3) is 0 Å². The van der Waals surface area contributed by atoms with Crippen molar-refractivity contribution in [1.82, 2.24) is 25.3 Å². The molecule has 1 aliphatic heterocycles. The molecule has 156 valence electrons. The molecule has 2 heterocycles. The Labute approximate surface area is 182 Å². The number of aryl methyl sites for hydroxylation is 2. The molecule has 0 aliphatic carbocycles. The van der Waals surface area contributed by atoms with Crippen LogP contribution in [0.1, 0.15) is 56.0 Å². The van der Waals surface area contributed by atoms with E-state index in [0.717, 1.165) is 44.1 Å². The minimum atomic E-state index is 0. The van der Waals surface area contributed by atoms with Crippen LogP contribution >= 0.6 is 24.0 Å². The lowest BCUT2D eigenvalue weighted by Crippen LogP contribution is -2.38. The largest absolute Gasteiger partial charge is 0.357 e. The number of hydrogen-bond donors (Lipinski definition) is 2. The number of nitrogens with one attached hydrogen (secondary N) is 2. The van der Waals surface area contributed by atoms with E-state index in [-0.39, 0.29) is 24.0 Å². The second kappa shape index (κ2) is 13.4. The standard InChI is InChI=1S/C20H38N6.HI/c1-5-21-20(22-12-10-16-26-14-8-6-7-9-15-26)23-13-11-19-17(2)24-25(4)18(19)3;/h5-16H2,1-4H3,(H2,21,22,23);1H. The summed E-state index contributed by atoms with van der Waals surface area (Å²) in [6, 6.07) is 0. The fourth-order valence-electron chi connectivity index (χ4n) is 3.67. The maximum atomic E-state index is 4.75. The van der Waals surface area contributed by atoms with Gasteiger partial charge < -0.3 is 15.5 Å². The molecule has 27 heavy (non-hydrogen) atoms. The second-order valence-corrected chi connectivity index (χ2v) is 7.32. The van der Waals surface area contributed by atoms with Crippen LogP contribution in [0.4, 0.5) is 0 Å². The van der Waals surface area contributed by atoms with E-state index in [1.54, 1.807) is 0 Å². The molecule has 0 unspecified atom stereocenters. The molecule has 1 aromatic rings. The number of aromatic nitrogens is 2. The Balaban J connectivity index is 0.00000364. The number of hydrogen-bond acceptors (Lipinski definition) is 3. The Bertz CT molecular complexity index is 561. The number of guanidine groups is 1. The van der Waals surface area contributed by atoms with E-state index in [1.165, 1.54) is 56.6 Å². The lowest BCUT2D eigenvalue weighted by Gasteiger charge is -2.19. The van der Waals surface area contributed by atoms with Crippen LogP contribution in [0.5, 0.6) is 0 Å². The Morgan fingerprint density at radius 1 is 1.11 bits per heavy atom. The summed E-state index contributed by atoms with van der Waals surface area (Å²) in [4.78, 5) is 7.36. The SMILES string of the molecule is CCNC(=NCCCN1CCCCCC1)NCCc1c(C)nn(C)c1C.I. The predicted molar refractivity (Wildman–Crippen MR) is 125 cm³/mol. The summed E-state index contributed by atoms with van der Waals surface area (Å²) in [7, 11) is 2.01. The van der Waals surface area contributed by atoms with Crippen LogP contribution in [0, 0.1) is 13.8 Å². The van der Waals surface area contributed by atoms with E-state index in [4.69, 9.17) is 4.99 Å². The van der Waals surface area contributed by atoms with Crippen LogP contribution < -0.4 is 10.6 Å². The minimum absolute atomic E-state index is 0. The van der Waals surface area contributed by atoms with Gasteiger partial charge in [-0.1, -0.05) is 12.8 Å². The summed E-state index contributed by atoms with van der Waals surface area (Å²) in [6.07, 6.45) is 7.64. The summed E-state index contributed by atoms with van der Waals surface area (Å²) in [5, 5.41) is 11.3. The Kier molecular flexibility index (Phi) is 12.0. The summed E-state index contributed by atoms with van der Waals surface area (Å²) in [5.74, 6) is 0.933. The van der Waals surface area contributed by atoms with E-state index in [9.17, 15) is 0 Å². The predicted octanol–water partition coefficient (Wildman–Crippen LogP) is 3.02. The first-order chi connectivity index (χ1) is 12.6. The Morgan fingerprint density at radius 2 is 1.81 bits per heavy atom. The van der Waals surface area contributed by atoms with E-state index < -0.39 is 0 Å². The molecule has 1 fully saturated rings. The molecular formula is C20H39IN6. The fourth-order valence-corrected chi connectivity index (χ4v) is 3.67. The molecule has 0 atom stereocenters. The van der Waals surface area contributed by atoms with E-state index in [2.05, 4.69) is 41.4 Å². The van der Waals surface area contributed by atoms with Crippen molar-refractivity contribution in [2.45, 2.75) is 59.3 Å². The quantitative estimate of drug-likeness (QED) is 0.255. The first-order valence-electron chi connectivity index (χ1n) is 10.4. The van der Waals surface area contributed by atoms with Gasteiger partial charge in [0.05, 0.1) is 5.69 Å². The number of rotatable bonds is 8. The third-order valence-electron chi connectivity index (χ3n) is 5.27. The fraction of sp³-hybridized carbons (Fsp3) is 0.800. The van der Waals surface area contributed by atoms with Gasteiger partial charge in [-0.2, -0.15) is 5.10 Å². The first kappa shape index (κ1) is 24.2. The van der Waals surface area contributed by atoms with Crippen molar-refractivity contribution in [3.63, 3.8) is 0 Å². The minimum Gasteiger partial charge on any atom is -0.357 e. The van der Waals surface area contributed by atoms with Gasteiger partial charge >= 0.3 is 0 Å². The maximum Gasteiger partial charge on any atom is 0.191 e. The molecule has 0 amide bonds. The molecule has 0 aromatic carbocycles. The van der Waals surface area contributed by atoms with Crippen molar-refractivity contribution >= 4 is 29.9 Å². The maximum absolute atomic E-state index is 4.75. The monoisotopic (exact) mass is 490 g/mol. The average Bonchev–Trinajstić information content (AvgIpc) is 2.81. The number of halogens is 1. The first-order valence-corrected chi connectivity index (χ1v) is 10.4. The Hall–Kier alpha value is -0.830. The number of likely N-dealkylation sites (tertiary alicyclic amines) is 1. The lowest BCUT2D eigenvalue weighted by atomic mass is 10.1. The molecule has 1 saturated heterocycles. The second-order valence-electron chi connectivity index (χ2n) is 7.32. The smallest absolute Gasteiger partial charge is 0.191 e. The molecule has 2 rings (SSSR count). The van der Waals surface area contributed by atoms with Gasteiger partial charge in [-0.15, -0.1) is 24.0 Å². The van der Waals surface area contributed by atoms with Crippen LogP contribution in [0.3, 0.4) is 0 Å². The van der Waals surface area contributed by atoms with Crippen molar-refractivity contribution in [2.24, 2.45) is 12.0 Å². The van der Waals surface area contributed by atoms with E-state index in [1.807, 2.05) is 11.7 Å². The number of nitrogens with zero attached hydrogens (tertiary/aromatic N) is 4. The van der Waals surface area contributed by atoms with Crippen molar-refractivity contribution in [1.29, 1.82) is 0 Å². The molecule has 0 spiro atoms. The number of aliphatic imine (C=N–C) groups is 1. The summed E-state index contributed by atoms with van der Waals surface area (Å²) < 4.78 is 1.97. The van der Waals surface area contributed by atoms with Crippen molar-refractivity contribution in [2.75, 3.05) is 39.3 Å². The zero-order valence-electron chi connectivity index (χ0n) is 17.7. The van der Waals surface area contributed by atoms with Crippen molar-refractivity contribution in [3.8, 4) is 0 Å². The van der Waals surface area contributed by atoms with Gasteiger partial charge in [0, 0.05) is 32.4 Å². The van der Waals surface area contributed by atoms with Gasteiger partial charge in [-0.25, -0.2) is 0 Å². The topological polar surface area (TPSA) is 57.5 Å². The highest BCUT2D eigenvalue weighted by Gasteiger charge is 2.10. The Morgan fingerprint density at radius 3 is 2.41 bits per heavy atom. The van der Waals surface area contributed by atoms with E-state index >= 15 is 0 Å². The zero-order chi connectivity index (χ0) is 18.8. The van der Waals surface area contributed by atoms with Gasteiger partial charge in [0.15, 0.2) is 5.96 Å². The molecule has 2 N–H and O–H groups in total. The van der Waals surface area contributed by atoms with Gasteiger partial charge in [0.2, 0.25) is 0 Å².